The van der Waals surface area contributed by atoms with E-state index in [0.717, 1.165) is 41.1 Å². The number of phenols is 1. The summed E-state index contributed by atoms with van der Waals surface area (Å²) >= 11 is 1.58. The van der Waals surface area contributed by atoms with Crippen LogP contribution in [0.2, 0.25) is 0 Å². The lowest BCUT2D eigenvalue weighted by atomic mass is 9.78. The zero-order chi connectivity index (χ0) is 21.3. The van der Waals surface area contributed by atoms with Gasteiger partial charge in [0.1, 0.15) is 5.75 Å². The first-order chi connectivity index (χ1) is 12.9. The van der Waals surface area contributed by atoms with Gasteiger partial charge in [0.05, 0.1) is 10.8 Å². The maximum Gasteiger partial charge on any atom is 0.252 e. The summed E-state index contributed by atoms with van der Waals surface area (Å²) in [6.45, 7) is 15.7. The molecule has 0 aromatic heterocycles. The predicted molar refractivity (Wildman–Crippen MR) is 120 cm³/mol. The Morgan fingerprint density at radius 1 is 1.14 bits per heavy atom. The molecule has 1 amide bonds. The first-order valence-corrected chi connectivity index (χ1v) is 11.1. The van der Waals surface area contributed by atoms with Gasteiger partial charge in [-0.1, -0.05) is 66.6 Å². The van der Waals surface area contributed by atoms with Crippen molar-refractivity contribution in [3.8, 4) is 5.75 Å². The fourth-order valence-electron chi connectivity index (χ4n) is 3.36. The minimum absolute atomic E-state index is 0.126. The average molecular weight is 405 g/mol. The first kappa shape index (κ1) is 22.8. The summed E-state index contributed by atoms with van der Waals surface area (Å²) in [6.07, 6.45) is 4.24. The molecule has 1 aromatic carbocycles. The lowest BCUT2D eigenvalue weighted by Gasteiger charge is -2.29. The molecular weight excluding hydrogens is 368 g/mol. The number of nitrogens with zero attached hydrogens (tertiary/aromatic N) is 2. The Bertz CT molecular complexity index is 722. The predicted octanol–water partition coefficient (Wildman–Crippen LogP) is 5.51. The SMILES string of the molecule is CCCCN(C)N1C(=O)CSC1=Cc1cc(C(C)(C)C)c(O)c(C(C)(C)C)c1. The Morgan fingerprint density at radius 2 is 1.68 bits per heavy atom. The van der Waals surface area contributed by atoms with E-state index in [-0.39, 0.29) is 16.7 Å². The number of hydrogen-bond donors (Lipinski definition) is 1. The van der Waals surface area contributed by atoms with Crippen molar-refractivity contribution in [3.05, 3.63) is 33.9 Å². The molecule has 1 N–H and O–H groups in total. The number of hydrogen-bond acceptors (Lipinski definition) is 4. The molecule has 0 saturated carbocycles. The third-order valence-corrected chi connectivity index (χ3v) is 5.98. The zero-order valence-electron chi connectivity index (χ0n) is 18.7. The minimum atomic E-state index is -0.172. The van der Waals surface area contributed by atoms with Gasteiger partial charge in [-0.25, -0.2) is 10.0 Å². The Morgan fingerprint density at radius 3 is 2.14 bits per heavy atom. The van der Waals surface area contributed by atoms with Gasteiger partial charge in [0.15, 0.2) is 0 Å². The smallest absolute Gasteiger partial charge is 0.252 e. The molecule has 2 rings (SSSR count). The third-order valence-electron chi connectivity index (χ3n) is 5.00. The van der Waals surface area contributed by atoms with Gasteiger partial charge < -0.3 is 5.11 Å². The molecule has 5 heteroatoms. The number of rotatable bonds is 5. The molecule has 1 aliphatic heterocycles. The maximum atomic E-state index is 12.5. The number of thioether (sulfide) groups is 1. The van der Waals surface area contributed by atoms with Crippen LogP contribution >= 0.6 is 11.8 Å². The van der Waals surface area contributed by atoms with Crippen LogP contribution in [-0.4, -0.2) is 40.4 Å². The van der Waals surface area contributed by atoms with Crippen LogP contribution in [-0.2, 0) is 15.6 Å². The van der Waals surface area contributed by atoms with Crippen molar-refractivity contribution in [2.24, 2.45) is 0 Å². The molecule has 1 aliphatic rings. The number of carbonyl (C=O) groups is 1. The van der Waals surface area contributed by atoms with Crippen LogP contribution < -0.4 is 0 Å². The van der Waals surface area contributed by atoms with Crippen LogP contribution in [0.25, 0.3) is 6.08 Å². The van der Waals surface area contributed by atoms with Crippen LogP contribution in [0.5, 0.6) is 5.75 Å². The van der Waals surface area contributed by atoms with Crippen molar-refractivity contribution in [3.63, 3.8) is 0 Å². The summed E-state index contributed by atoms with van der Waals surface area (Å²) in [5, 5.41) is 15.7. The van der Waals surface area contributed by atoms with Gasteiger partial charge in [-0.15, -0.1) is 0 Å². The van der Waals surface area contributed by atoms with Crippen molar-refractivity contribution >= 4 is 23.7 Å². The topological polar surface area (TPSA) is 43.8 Å². The highest BCUT2D eigenvalue weighted by atomic mass is 32.2. The monoisotopic (exact) mass is 404 g/mol. The van der Waals surface area contributed by atoms with Gasteiger partial charge in [0.25, 0.3) is 5.91 Å². The molecule has 0 aliphatic carbocycles. The van der Waals surface area contributed by atoms with Crippen molar-refractivity contribution in [1.29, 1.82) is 0 Å². The fourth-order valence-corrected chi connectivity index (χ4v) is 4.33. The molecule has 1 fully saturated rings. The number of phenolic OH excluding ortho intramolecular Hbond substituents is 1. The zero-order valence-corrected chi connectivity index (χ0v) is 19.5. The molecule has 4 nitrogen and oxygen atoms in total. The maximum absolute atomic E-state index is 12.5. The minimum Gasteiger partial charge on any atom is -0.507 e. The molecule has 28 heavy (non-hydrogen) atoms. The molecule has 1 heterocycles. The highest BCUT2D eigenvalue weighted by Crippen LogP contribution is 2.41. The van der Waals surface area contributed by atoms with Gasteiger partial charge in [-0.3, -0.25) is 4.79 Å². The van der Waals surface area contributed by atoms with Crippen molar-refractivity contribution in [2.75, 3.05) is 19.3 Å². The van der Waals surface area contributed by atoms with Gasteiger partial charge in [0.2, 0.25) is 0 Å². The summed E-state index contributed by atoms with van der Waals surface area (Å²) in [5.74, 6) is 0.980. The van der Waals surface area contributed by atoms with E-state index in [1.807, 2.05) is 12.1 Å². The summed E-state index contributed by atoms with van der Waals surface area (Å²) in [4.78, 5) is 12.5. The van der Waals surface area contributed by atoms with Crippen molar-refractivity contribution in [2.45, 2.75) is 72.1 Å². The van der Waals surface area contributed by atoms with Crippen LogP contribution in [0.15, 0.2) is 17.2 Å². The van der Waals surface area contributed by atoms with Crippen LogP contribution in [0.1, 0.15) is 78.0 Å². The van der Waals surface area contributed by atoms with E-state index in [1.165, 1.54) is 0 Å². The molecule has 156 valence electrons. The second-order valence-corrected chi connectivity index (χ2v) is 10.7. The number of aromatic hydroxyl groups is 1. The highest BCUT2D eigenvalue weighted by molar-refractivity contribution is 8.04. The number of amides is 1. The third kappa shape index (κ3) is 5.12. The lowest BCUT2D eigenvalue weighted by Crippen LogP contribution is -2.40. The van der Waals surface area contributed by atoms with E-state index in [4.69, 9.17) is 0 Å². The summed E-state index contributed by atoms with van der Waals surface area (Å²) in [7, 11) is 1.98. The molecular formula is C23H36N2O2S. The van der Waals surface area contributed by atoms with Crippen molar-refractivity contribution in [1.82, 2.24) is 10.0 Å². The Balaban J connectivity index is 2.53. The van der Waals surface area contributed by atoms with Gasteiger partial charge in [-0.05, 0) is 41.0 Å². The van der Waals surface area contributed by atoms with Gasteiger partial charge in [-0.2, -0.15) is 0 Å². The first-order valence-electron chi connectivity index (χ1n) is 10.1. The molecule has 1 aromatic rings. The Labute approximate surface area is 175 Å². The van der Waals surface area contributed by atoms with Gasteiger partial charge in [0, 0.05) is 24.7 Å². The van der Waals surface area contributed by atoms with E-state index in [1.54, 1.807) is 16.8 Å². The highest BCUT2D eigenvalue weighted by Gasteiger charge is 2.31. The summed E-state index contributed by atoms with van der Waals surface area (Å²) < 4.78 is 0. The van der Waals surface area contributed by atoms with Crippen molar-refractivity contribution < 1.29 is 9.90 Å². The number of unbranched alkanes of at least 4 members (excludes halogenated alkanes) is 1. The number of benzene rings is 1. The molecule has 0 unspecified atom stereocenters. The van der Waals surface area contributed by atoms with E-state index in [0.29, 0.717) is 11.5 Å². The number of hydrazine groups is 1. The molecule has 0 atom stereocenters. The second-order valence-electron chi connectivity index (χ2n) is 9.68. The lowest BCUT2D eigenvalue weighted by molar-refractivity contribution is -0.137. The average Bonchev–Trinajstić information content (AvgIpc) is 2.92. The molecule has 0 bridgehead atoms. The van der Waals surface area contributed by atoms with Crippen LogP contribution in [0.3, 0.4) is 0 Å². The fraction of sp³-hybridized carbons (Fsp3) is 0.609. The standard InChI is InChI=1S/C23H36N2O2S/c1-9-10-11-24(8)25-19(26)15-28-20(25)14-16-12-17(22(2,3)4)21(27)18(13-16)23(5,6)7/h12-14,27H,9-11,15H2,1-8H3. The Hall–Kier alpha value is -1.46. The van der Waals surface area contributed by atoms with E-state index in [9.17, 15) is 9.90 Å². The van der Waals surface area contributed by atoms with Crippen LogP contribution in [0, 0.1) is 0 Å². The van der Waals surface area contributed by atoms with Gasteiger partial charge >= 0.3 is 0 Å². The molecule has 1 saturated heterocycles. The molecule has 0 radical (unpaired) electrons. The molecule has 0 spiro atoms. The van der Waals surface area contributed by atoms with E-state index < -0.39 is 0 Å². The van der Waals surface area contributed by atoms with E-state index in [2.05, 4.69) is 66.7 Å². The Kier molecular flexibility index (Phi) is 6.93. The summed E-state index contributed by atoms with van der Waals surface area (Å²) in [5.41, 5.74) is 2.56. The normalized spacial score (nSPS) is 17.2. The summed E-state index contributed by atoms with van der Waals surface area (Å²) in [6, 6.07) is 4.12. The quantitative estimate of drug-likeness (QED) is 0.703. The second kappa shape index (κ2) is 8.50. The van der Waals surface area contributed by atoms with Crippen LogP contribution in [0.4, 0.5) is 0 Å². The van der Waals surface area contributed by atoms with E-state index >= 15 is 0 Å². The number of carbonyl (C=O) groups excluding carboxylic acids is 1. The largest absolute Gasteiger partial charge is 0.507 e.